The van der Waals surface area contributed by atoms with Crippen molar-refractivity contribution in [3.8, 4) is 0 Å². The van der Waals surface area contributed by atoms with Crippen molar-refractivity contribution in [3.63, 3.8) is 0 Å². The predicted molar refractivity (Wildman–Crippen MR) is 58.0 cm³/mol. The fraction of sp³-hybridized carbons (Fsp3) is 0.455. The number of rotatable bonds is 4. The van der Waals surface area contributed by atoms with Crippen molar-refractivity contribution in [2.45, 2.75) is 20.4 Å². The van der Waals surface area contributed by atoms with E-state index in [0.29, 0.717) is 23.0 Å². The average Bonchev–Trinajstić information content (AvgIpc) is 2.10. The van der Waals surface area contributed by atoms with E-state index in [1.54, 1.807) is 12.1 Å². The lowest BCUT2D eigenvalue weighted by atomic mass is 10.2. The van der Waals surface area contributed by atoms with E-state index in [0.717, 1.165) is 6.54 Å². The lowest BCUT2D eigenvalue weighted by Crippen LogP contribution is -2.19. The highest BCUT2D eigenvalue weighted by atomic mass is 35.5. The molecule has 0 saturated heterocycles. The van der Waals surface area contributed by atoms with Crippen LogP contribution in [0.2, 0.25) is 5.02 Å². The maximum absolute atomic E-state index is 13.2. The van der Waals surface area contributed by atoms with Gasteiger partial charge in [-0.3, -0.25) is 0 Å². The van der Waals surface area contributed by atoms with Crippen LogP contribution in [0.15, 0.2) is 18.2 Å². The number of hydrogen-bond acceptors (Lipinski definition) is 1. The van der Waals surface area contributed by atoms with E-state index in [1.165, 1.54) is 6.07 Å². The standard InChI is InChI=1S/C11H15ClFN/c1-8(2)6-14-7-9-5-10(12)3-4-11(9)13/h3-5,8,14H,6-7H2,1-2H3. The maximum atomic E-state index is 13.2. The molecule has 1 rings (SSSR count). The first-order chi connectivity index (χ1) is 6.59. The van der Waals surface area contributed by atoms with Crippen molar-refractivity contribution in [1.29, 1.82) is 0 Å². The molecule has 0 aliphatic heterocycles. The summed E-state index contributed by atoms with van der Waals surface area (Å²) in [7, 11) is 0. The van der Waals surface area contributed by atoms with Gasteiger partial charge in [-0.2, -0.15) is 0 Å². The molecule has 0 unspecified atom stereocenters. The Bertz CT molecular complexity index is 299. The van der Waals surface area contributed by atoms with Crippen LogP contribution in [-0.4, -0.2) is 6.54 Å². The molecule has 14 heavy (non-hydrogen) atoms. The maximum Gasteiger partial charge on any atom is 0.127 e. The number of nitrogens with one attached hydrogen (secondary N) is 1. The molecular weight excluding hydrogens is 201 g/mol. The topological polar surface area (TPSA) is 12.0 Å². The summed E-state index contributed by atoms with van der Waals surface area (Å²) < 4.78 is 13.2. The number of hydrogen-bond donors (Lipinski definition) is 1. The van der Waals surface area contributed by atoms with Gasteiger partial charge in [0.05, 0.1) is 0 Å². The lowest BCUT2D eigenvalue weighted by molar-refractivity contribution is 0.535. The Morgan fingerprint density at radius 3 is 2.79 bits per heavy atom. The second kappa shape index (κ2) is 5.32. The van der Waals surface area contributed by atoms with Gasteiger partial charge in [0.2, 0.25) is 0 Å². The SMILES string of the molecule is CC(C)CNCc1cc(Cl)ccc1F. The third-order valence-corrected chi connectivity index (χ3v) is 2.11. The Labute approximate surface area is 89.3 Å². The highest BCUT2D eigenvalue weighted by molar-refractivity contribution is 6.30. The molecule has 1 aromatic rings. The van der Waals surface area contributed by atoms with E-state index in [9.17, 15) is 4.39 Å². The van der Waals surface area contributed by atoms with Gasteiger partial charge in [0.1, 0.15) is 5.82 Å². The summed E-state index contributed by atoms with van der Waals surface area (Å²) in [6, 6.07) is 4.61. The summed E-state index contributed by atoms with van der Waals surface area (Å²) in [6.45, 7) is 5.64. The van der Waals surface area contributed by atoms with Gasteiger partial charge >= 0.3 is 0 Å². The zero-order valence-electron chi connectivity index (χ0n) is 8.48. The van der Waals surface area contributed by atoms with Crippen molar-refractivity contribution in [3.05, 3.63) is 34.6 Å². The highest BCUT2D eigenvalue weighted by Crippen LogP contribution is 2.14. The van der Waals surface area contributed by atoms with Crippen molar-refractivity contribution in [2.75, 3.05) is 6.54 Å². The highest BCUT2D eigenvalue weighted by Gasteiger charge is 2.02. The molecule has 0 radical (unpaired) electrons. The van der Waals surface area contributed by atoms with Crippen LogP contribution < -0.4 is 5.32 Å². The van der Waals surface area contributed by atoms with Crippen molar-refractivity contribution < 1.29 is 4.39 Å². The van der Waals surface area contributed by atoms with Gasteiger partial charge < -0.3 is 5.32 Å². The summed E-state index contributed by atoms with van der Waals surface area (Å²) in [4.78, 5) is 0. The minimum Gasteiger partial charge on any atom is -0.312 e. The fourth-order valence-corrected chi connectivity index (χ4v) is 1.37. The Hall–Kier alpha value is -0.600. The van der Waals surface area contributed by atoms with Crippen LogP contribution in [0, 0.1) is 11.7 Å². The van der Waals surface area contributed by atoms with Crippen LogP contribution in [0.5, 0.6) is 0 Å². The van der Waals surface area contributed by atoms with Gasteiger partial charge in [0, 0.05) is 17.1 Å². The van der Waals surface area contributed by atoms with Crippen molar-refractivity contribution in [2.24, 2.45) is 5.92 Å². The third-order valence-electron chi connectivity index (χ3n) is 1.88. The first kappa shape index (κ1) is 11.5. The van der Waals surface area contributed by atoms with Gasteiger partial charge in [-0.05, 0) is 30.7 Å². The largest absolute Gasteiger partial charge is 0.312 e. The normalized spacial score (nSPS) is 10.9. The smallest absolute Gasteiger partial charge is 0.127 e. The first-order valence-corrected chi connectivity index (χ1v) is 5.12. The van der Waals surface area contributed by atoms with Crippen LogP contribution in [-0.2, 0) is 6.54 Å². The molecular formula is C11H15ClFN. The van der Waals surface area contributed by atoms with Crippen LogP contribution in [0.25, 0.3) is 0 Å². The molecule has 1 nitrogen and oxygen atoms in total. The molecule has 0 bridgehead atoms. The van der Waals surface area contributed by atoms with Gasteiger partial charge in [-0.15, -0.1) is 0 Å². The molecule has 78 valence electrons. The molecule has 0 aliphatic rings. The van der Waals surface area contributed by atoms with E-state index in [4.69, 9.17) is 11.6 Å². The van der Waals surface area contributed by atoms with Gasteiger partial charge in [-0.25, -0.2) is 4.39 Å². The van der Waals surface area contributed by atoms with E-state index in [1.807, 2.05) is 0 Å². The summed E-state index contributed by atoms with van der Waals surface area (Å²) in [6.07, 6.45) is 0. The zero-order valence-corrected chi connectivity index (χ0v) is 9.24. The third kappa shape index (κ3) is 3.64. The molecule has 0 aromatic heterocycles. The second-order valence-corrected chi connectivity index (χ2v) is 4.20. The summed E-state index contributed by atoms with van der Waals surface area (Å²) in [5.41, 5.74) is 0.623. The second-order valence-electron chi connectivity index (χ2n) is 3.76. The average molecular weight is 216 g/mol. The Balaban J connectivity index is 2.53. The molecule has 0 amide bonds. The van der Waals surface area contributed by atoms with Gasteiger partial charge in [0.25, 0.3) is 0 Å². The zero-order chi connectivity index (χ0) is 10.6. The van der Waals surface area contributed by atoms with E-state index < -0.39 is 0 Å². The van der Waals surface area contributed by atoms with Crippen LogP contribution >= 0.6 is 11.6 Å². The molecule has 0 saturated carbocycles. The number of halogens is 2. The summed E-state index contributed by atoms with van der Waals surface area (Å²) in [5.74, 6) is 0.364. The molecule has 0 spiro atoms. The van der Waals surface area contributed by atoms with Crippen molar-refractivity contribution in [1.82, 2.24) is 5.32 Å². The minimum atomic E-state index is -0.203. The molecule has 0 heterocycles. The fourth-order valence-electron chi connectivity index (χ4n) is 1.17. The van der Waals surface area contributed by atoms with Gasteiger partial charge in [0.15, 0.2) is 0 Å². The summed E-state index contributed by atoms with van der Waals surface area (Å²) in [5, 5.41) is 3.75. The minimum absolute atomic E-state index is 0.203. The van der Waals surface area contributed by atoms with Gasteiger partial charge in [-0.1, -0.05) is 25.4 Å². The van der Waals surface area contributed by atoms with Crippen LogP contribution in [0.3, 0.4) is 0 Å². The van der Waals surface area contributed by atoms with Crippen LogP contribution in [0.1, 0.15) is 19.4 Å². The Morgan fingerprint density at radius 1 is 1.43 bits per heavy atom. The first-order valence-electron chi connectivity index (χ1n) is 4.74. The quantitative estimate of drug-likeness (QED) is 0.813. The van der Waals surface area contributed by atoms with E-state index >= 15 is 0 Å². The molecule has 3 heteroatoms. The predicted octanol–water partition coefficient (Wildman–Crippen LogP) is 3.22. The number of benzene rings is 1. The molecule has 0 atom stereocenters. The molecule has 0 aliphatic carbocycles. The Morgan fingerprint density at radius 2 is 2.14 bits per heavy atom. The lowest BCUT2D eigenvalue weighted by Gasteiger charge is -2.08. The van der Waals surface area contributed by atoms with Crippen molar-refractivity contribution >= 4 is 11.6 Å². The van der Waals surface area contributed by atoms with Crippen LogP contribution in [0.4, 0.5) is 4.39 Å². The monoisotopic (exact) mass is 215 g/mol. The molecule has 1 aromatic carbocycles. The summed E-state index contributed by atoms with van der Waals surface area (Å²) >= 11 is 5.76. The molecule has 1 N–H and O–H groups in total. The van der Waals surface area contributed by atoms with E-state index in [-0.39, 0.29) is 5.82 Å². The molecule has 0 fully saturated rings. The Kier molecular flexibility index (Phi) is 4.36. The van der Waals surface area contributed by atoms with E-state index in [2.05, 4.69) is 19.2 Å².